The summed E-state index contributed by atoms with van der Waals surface area (Å²) in [5, 5.41) is 0. The summed E-state index contributed by atoms with van der Waals surface area (Å²) in [5.74, 6) is 0.460. The van der Waals surface area contributed by atoms with Crippen molar-refractivity contribution in [2.24, 2.45) is 5.73 Å². The average molecular weight is 363 g/mol. The Hall–Kier alpha value is -2.12. The molecule has 1 fully saturated rings. The van der Waals surface area contributed by atoms with Crippen LogP contribution in [0.1, 0.15) is 18.9 Å². The van der Waals surface area contributed by atoms with Crippen LogP contribution in [-0.2, 0) is 20.7 Å². The zero-order valence-corrected chi connectivity index (χ0v) is 15.6. The molecular formula is C19H29N3O4. The van der Waals surface area contributed by atoms with Gasteiger partial charge in [0.25, 0.3) is 0 Å². The molecule has 1 atom stereocenters. The highest BCUT2D eigenvalue weighted by atomic mass is 16.5. The second kappa shape index (κ2) is 10.1. The summed E-state index contributed by atoms with van der Waals surface area (Å²) in [7, 11) is 2.03. The molecule has 0 radical (unpaired) electrons. The van der Waals surface area contributed by atoms with E-state index in [0.717, 1.165) is 30.9 Å². The van der Waals surface area contributed by atoms with Crippen molar-refractivity contribution in [3.8, 4) is 5.75 Å². The summed E-state index contributed by atoms with van der Waals surface area (Å²) in [6.07, 6.45) is 0.393. The van der Waals surface area contributed by atoms with Crippen molar-refractivity contribution in [3.05, 3.63) is 29.8 Å². The molecule has 1 heterocycles. The van der Waals surface area contributed by atoms with Crippen LogP contribution in [0.4, 0.5) is 0 Å². The van der Waals surface area contributed by atoms with Gasteiger partial charge in [-0.3, -0.25) is 9.59 Å². The Labute approximate surface area is 155 Å². The molecule has 1 aliphatic heterocycles. The fourth-order valence-corrected chi connectivity index (χ4v) is 2.86. The number of nitrogens with zero attached hydrogens (tertiary/aromatic N) is 2. The number of carbonyl (C=O) groups is 2. The number of likely N-dealkylation sites (N-methyl/N-ethyl adjacent to an activating group) is 1. The lowest BCUT2D eigenvalue weighted by molar-refractivity contribution is -0.131. The van der Waals surface area contributed by atoms with Crippen molar-refractivity contribution in [2.45, 2.75) is 25.9 Å². The first-order chi connectivity index (χ1) is 12.5. The molecule has 144 valence electrons. The zero-order valence-electron chi connectivity index (χ0n) is 15.6. The number of amides is 2. The third kappa shape index (κ3) is 6.31. The van der Waals surface area contributed by atoms with Gasteiger partial charge in [-0.15, -0.1) is 0 Å². The van der Waals surface area contributed by atoms with Crippen LogP contribution in [0.2, 0.25) is 0 Å². The first-order valence-electron chi connectivity index (χ1n) is 9.08. The molecule has 7 nitrogen and oxygen atoms in total. The highest BCUT2D eigenvalue weighted by Crippen LogP contribution is 2.14. The zero-order chi connectivity index (χ0) is 18.9. The van der Waals surface area contributed by atoms with Crippen molar-refractivity contribution < 1.29 is 19.1 Å². The predicted molar refractivity (Wildman–Crippen MR) is 98.9 cm³/mol. The van der Waals surface area contributed by atoms with Gasteiger partial charge >= 0.3 is 0 Å². The molecule has 2 rings (SSSR count). The minimum Gasteiger partial charge on any atom is -0.492 e. The lowest BCUT2D eigenvalue weighted by atomic mass is 10.1. The quantitative estimate of drug-likeness (QED) is 0.697. The maximum Gasteiger partial charge on any atom is 0.246 e. The van der Waals surface area contributed by atoms with Gasteiger partial charge in [-0.1, -0.05) is 12.1 Å². The van der Waals surface area contributed by atoms with E-state index in [2.05, 4.69) is 4.90 Å². The van der Waals surface area contributed by atoms with E-state index in [1.165, 1.54) is 0 Å². The number of hydrogen-bond acceptors (Lipinski definition) is 5. The number of nitrogens with two attached hydrogens (primary N) is 1. The number of primary amides is 1. The van der Waals surface area contributed by atoms with Gasteiger partial charge in [-0.2, -0.15) is 0 Å². The summed E-state index contributed by atoms with van der Waals surface area (Å²) in [6.45, 7) is 5.76. The largest absolute Gasteiger partial charge is 0.492 e. The van der Waals surface area contributed by atoms with Crippen molar-refractivity contribution in [1.82, 2.24) is 9.80 Å². The van der Waals surface area contributed by atoms with Gasteiger partial charge in [0.1, 0.15) is 18.5 Å². The van der Waals surface area contributed by atoms with Gasteiger partial charge in [0, 0.05) is 39.1 Å². The van der Waals surface area contributed by atoms with E-state index in [-0.39, 0.29) is 5.91 Å². The van der Waals surface area contributed by atoms with Gasteiger partial charge < -0.3 is 25.0 Å². The van der Waals surface area contributed by atoms with E-state index in [9.17, 15) is 9.59 Å². The number of carbonyl (C=O) groups excluding carboxylic acids is 2. The summed E-state index contributed by atoms with van der Waals surface area (Å²) in [6, 6.07) is 7.52. The summed E-state index contributed by atoms with van der Waals surface area (Å²) in [4.78, 5) is 27.4. The van der Waals surface area contributed by atoms with E-state index in [1.807, 2.05) is 43.1 Å². The monoisotopic (exact) mass is 363 g/mol. The number of benzene rings is 1. The molecule has 2 amide bonds. The van der Waals surface area contributed by atoms with E-state index in [4.69, 9.17) is 15.2 Å². The molecule has 1 aliphatic rings. The molecule has 1 aromatic carbocycles. The predicted octanol–water partition coefficient (Wildman–Crippen LogP) is 0.662. The minimum atomic E-state index is -0.612. The normalized spacial score (nSPS) is 17.0. The van der Waals surface area contributed by atoms with Gasteiger partial charge in [-0.25, -0.2) is 0 Å². The number of hydrogen-bond donors (Lipinski definition) is 1. The fourth-order valence-electron chi connectivity index (χ4n) is 2.86. The van der Waals surface area contributed by atoms with Crippen molar-refractivity contribution >= 4 is 11.8 Å². The molecule has 2 N–H and O–H groups in total. The third-order valence-electron chi connectivity index (χ3n) is 4.47. The molecule has 7 heteroatoms. The molecule has 1 aromatic rings. The van der Waals surface area contributed by atoms with Gasteiger partial charge in [0.05, 0.1) is 6.54 Å². The van der Waals surface area contributed by atoms with Crippen LogP contribution >= 0.6 is 0 Å². The van der Waals surface area contributed by atoms with E-state index < -0.39 is 12.0 Å². The lowest BCUT2D eigenvalue weighted by Crippen LogP contribution is -2.35. The Morgan fingerprint density at radius 2 is 1.96 bits per heavy atom. The first kappa shape index (κ1) is 20.2. The van der Waals surface area contributed by atoms with Gasteiger partial charge in [0.2, 0.25) is 11.8 Å². The SMILES string of the molecule is CCOC(Cc1ccc(OCCN2CCN(C)CCC2=O)cc1)C(N)=O. The van der Waals surface area contributed by atoms with Crippen LogP contribution in [0.5, 0.6) is 5.75 Å². The maximum absolute atomic E-state index is 12.1. The summed E-state index contributed by atoms with van der Waals surface area (Å²) >= 11 is 0. The molecule has 0 saturated carbocycles. The second-order valence-corrected chi connectivity index (χ2v) is 6.48. The fraction of sp³-hybridized carbons (Fsp3) is 0.579. The van der Waals surface area contributed by atoms with Gasteiger partial charge in [0.15, 0.2) is 0 Å². The standard InChI is InChI=1S/C19H29N3O4/c1-3-25-17(19(20)24)14-15-4-6-16(7-5-15)26-13-12-22-11-10-21(2)9-8-18(22)23/h4-7,17H,3,8-14H2,1-2H3,(H2,20,24). The Balaban J connectivity index is 1.80. The van der Waals surface area contributed by atoms with Crippen LogP contribution in [0.25, 0.3) is 0 Å². The third-order valence-corrected chi connectivity index (χ3v) is 4.47. The molecule has 0 spiro atoms. The molecule has 1 unspecified atom stereocenters. The van der Waals surface area contributed by atoms with E-state index in [1.54, 1.807) is 0 Å². The van der Waals surface area contributed by atoms with Crippen molar-refractivity contribution in [1.29, 1.82) is 0 Å². The molecule has 1 saturated heterocycles. The Bertz CT molecular complexity index is 591. The smallest absolute Gasteiger partial charge is 0.246 e. The molecular weight excluding hydrogens is 334 g/mol. The summed E-state index contributed by atoms with van der Waals surface area (Å²) < 4.78 is 11.1. The van der Waals surface area contributed by atoms with Crippen LogP contribution in [0, 0.1) is 0 Å². The minimum absolute atomic E-state index is 0.182. The highest BCUT2D eigenvalue weighted by molar-refractivity contribution is 5.79. The first-order valence-corrected chi connectivity index (χ1v) is 9.08. The highest BCUT2D eigenvalue weighted by Gasteiger charge is 2.19. The van der Waals surface area contributed by atoms with Crippen molar-refractivity contribution in [3.63, 3.8) is 0 Å². The Morgan fingerprint density at radius 3 is 2.62 bits per heavy atom. The van der Waals surface area contributed by atoms with Gasteiger partial charge in [-0.05, 0) is 31.7 Å². The van der Waals surface area contributed by atoms with Crippen LogP contribution in [0.15, 0.2) is 24.3 Å². The van der Waals surface area contributed by atoms with E-state index >= 15 is 0 Å². The Kier molecular flexibility index (Phi) is 7.87. The lowest BCUT2D eigenvalue weighted by Gasteiger charge is -2.21. The number of ether oxygens (including phenoxy) is 2. The van der Waals surface area contributed by atoms with Crippen LogP contribution in [0.3, 0.4) is 0 Å². The Morgan fingerprint density at radius 1 is 1.23 bits per heavy atom. The van der Waals surface area contributed by atoms with Crippen molar-refractivity contribution in [2.75, 3.05) is 46.4 Å². The summed E-state index contributed by atoms with van der Waals surface area (Å²) in [5.41, 5.74) is 6.30. The number of rotatable bonds is 9. The molecule has 0 aliphatic carbocycles. The molecule has 26 heavy (non-hydrogen) atoms. The van der Waals surface area contributed by atoms with Crippen LogP contribution < -0.4 is 10.5 Å². The topological polar surface area (TPSA) is 85.1 Å². The van der Waals surface area contributed by atoms with Crippen LogP contribution in [-0.4, -0.2) is 74.2 Å². The molecule has 0 bridgehead atoms. The average Bonchev–Trinajstić information content (AvgIpc) is 2.78. The molecule has 0 aromatic heterocycles. The van der Waals surface area contributed by atoms with E-state index in [0.29, 0.717) is 32.6 Å². The second-order valence-electron chi connectivity index (χ2n) is 6.48. The maximum atomic E-state index is 12.1.